The van der Waals surface area contributed by atoms with Gasteiger partial charge >= 0.3 is 0 Å². The van der Waals surface area contributed by atoms with E-state index >= 15 is 0 Å². The number of para-hydroxylation sites is 1. The number of nitrogens with zero attached hydrogens (tertiary/aromatic N) is 3. The maximum Gasteiger partial charge on any atom is 0.266 e. The van der Waals surface area contributed by atoms with E-state index in [0.29, 0.717) is 19.0 Å². The highest BCUT2D eigenvalue weighted by Gasteiger charge is 2.22. The number of rotatable bonds is 5. The fraction of sp³-hybridized carbons (Fsp3) is 0.474. The van der Waals surface area contributed by atoms with Crippen molar-refractivity contribution < 1.29 is 4.79 Å². The number of hydrogen-bond acceptors (Lipinski definition) is 4. The Bertz CT molecular complexity index is 639. The topological polar surface area (TPSA) is 59.4 Å². The van der Waals surface area contributed by atoms with Crippen LogP contribution in [-0.2, 0) is 4.79 Å². The predicted molar refractivity (Wildman–Crippen MR) is 96.5 cm³/mol. The third-order valence-corrected chi connectivity index (χ3v) is 4.62. The molecule has 1 heterocycles. The molecule has 0 aliphatic carbocycles. The van der Waals surface area contributed by atoms with E-state index in [1.54, 1.807) is 11.1 Å². The highest BCUT2D eigenvalue weighted by Crippen LogP contribution is 2.26. The van der Waals surface area contributed by atoms with Crippen LogP contribution in [0.5, 0.6) is 0 Å². The molecule has 1 aromatic rings. The van der Waals surface area contributed by atoms with Crippen LogP contribution in [0, 0.1) is 11.3 Å². The lowest BCUT2D eigenvalue weighted by atomic mass is 9.97. The lowest BCUT2D eigenvalue weighted by Gasteiger charge is -2.32. The highest BCUT2D eigenvalue weighted by atomic mass is 16.2. The Hall–Kier alpha value is -2.32. The maximum absolute atomic E-state index is 12.5. The SMILES string of the molecule is CCC(C)c1ccccc1N/C=C(/C#N)C(=O)N1CCN(C)CC1. The molecule has 0 aromatic heterocycles. The summed E-state index contributed by atoms with van der Waals surface area (Å²) < 4.78 is 0. The van der Waals surface area contributed by atoms with Gasteiger partial charge in [0.2, 0.25) is 0 Å². The van der Waals surface area contributed by atoms with Crippen molar-refractivity contribution in [3.05, 3.63) is 41.6 Å². The number of carbonyl (C=O) groups is 1. The second-order valence-corrected chi connectivity index (χ2v) is 6.31. The molecule has 0 bridgehead atoms. The van der Waals surface area contributed by atoms with Gasteiger partial charge < -0.3 is 15.1 Å². The Kier molecular flexibility index (Phi) is 6.39. The number of carbonyl (C=O) groups excluding carboxylic acids is 1. The number of piperazine rings is 1. The largest absolute Gasteiger partial charge is 0.360 e. The molecule has 128 valence electrons. The Balaban J connectivity index is 2.12. The molecular weight excluding hydrogens is 300 g/mol. The molecule has 0 radical (unpaired) electrons. The zero-order chi connectivity index (χ0) is 17.5. The van der Waals surface area contributed by atoms with Gasteiger partial charge in [0.25, 0.3) is 5.91 Å². The van der Waals surface area contributed by atoms with Gasteiger partial charge in [0.1, 0.15) is 11.6 Å². The summed E-state index contributed by atoms with van der Waals surface area (Å²) in [6.45, 7) is 7.33. The normalized spacial score (nSPS) is 17.2. The first-order chi connectivity index (χ1) is 11.6. The summed E-state index contributed by atoms with van der Waals surface area (Å²) >= 11 is 0. The minimum atomic E-state index is -0.195. The zero-order valence-electron chi connectivity index (χ0n) is 14.7. The Morgan fingerprint density at radius 1 is 1.33 bits per heavy atom. The monoisotopic (exact) mass is 326 g/mol. The summed E-state index contributed by atoms with van der Waals surface area (Å²) in [4.78, 5) is 16.4. The average molecular weight is 326 g/mol. The highest BCUT2D eigenvalue weighted by molar-refractivity contribution is 5.97. The van der Waals surface area contributed by atoms with Gasteiger partial charge in [-0.3, -0.25) is 4.79 Å². The van der Waals surface area contributed by atoms with Crippen LogP contribution in [0.1, 0.15) is 31.7 Å². The molecule has 1 amide bonds. The van der Waals surface area contributed by atoms with E-state index < -0.39 is 0 Å². The molecule has 2 rings (SSSR count). The predicted octanol–water partition coefficient (Wildman–Crippen LogP) is 2.79. The zero-order valence-corrected chi connectivity index (χ0v) is 14.7. The van der Waals surface area contributed by atoms with Crippen LogP contribution in [0.25, 0.3) is 0 Å². The Morgan fingerprint density at radius 2 is 2.00 bits per heavy atom. The molecule has 24 heavy (non-hydrogen) atoms. The summed E-state index contributed by atoms with van der Waals surface area (Å²) in [6.07, 6.45) is 2.58. The number of anilines is 1. The molecule has 1 unspecified atom stereocenters. The minimum Gasteiger partial charge on any atom is -0.360 e. The van der Waals surface area contributed by atoms with E-state index in [1.807, 2.05) is 31.3 Å². The maximum atomic E-state index is 12.5. The summed E-state index contributed by atoms with van der Waals surface area (Å²) in [6, 6.07) is 10.1. The molecule has 1 saturated heterocycles. The van der Waals surface area contributed by atoms with E-state index in [9.17, 15) is 10.1 Å². The van der Waals surface area contributed by atoms with Crippen molar-refractivity contribution in [1.82, 2.24) is 9.80 Å². The van der Waals surface area contributed by atoms with Gasteiger partial charge in [-0.2, -0.15) is 5.26 Å². The van der Waals surface area contributed by atoms with E-state index in [-0.39, 0.29) is 11.5 Å². The lowest BCUT2D eigenvalue weighted by Crippen LogP contribution is -2.47. The van der Waals surface area contributed by atoms with Crippen molar-refractivity contribution in [3.63, 3.8) is 0 Å². The number of hydrogen-bond donors (Lipinski definition) is 1. The van der Waals surface area contributed by atoms with Gasteiger partial charge in [0.15, 0.2) is 0 Å². The van der Waals surface area contributed by atoms with Crippen LogP contribution in [0.2, 0.25) is 0 Å². The first-order valence-corrected chi connectivity index (χ1v) is 8.50. The van der Waals surface area contributed by atoms with Crippen LogP contribution >= 0.6 is 0 Å². The van der Waals surface area contributed by atoms with Crippen molar-refractivity contribution in [3.8, 4) is 6.07 Å². The quantitative estimate of drug-likeness (QED) is 0.668. The van der Waals surface area contributed by atoms with Crippen LogP contribution in [0.15, 0.2) is 36.0 Å². The smallest absolute Gasteiger partial charge is 0.266 e. The fourth-order valence-electron chi connectivity index (χ4n) is 2.75. The molecule has 1 aromatic carbocycles. The molecular formula is C19H26N4O. The summed E-state index contributed by atoms with van der Waals surface area (Å²) in [5, 5.41) is 12.5. The van der Waals surface area contributed by atoms with E-state index in [0.717, 1.165) is 25.2 Å². The molecule has 5 heteroatoms. The Labute approximate surface area is 144 Å². The van der Waals surface area contributed by atoms with E-state index in [4.69, 9.17) is 0 Å². The fourth-order valence-corrected chi connectivity index (χ4v) is 2.75. The second kappa shape index (κ2) is 8.51. The van der Waals surface area contributed by atoms with E-state index in [1.165, 1.54) is 5.56 Å². The van der Waals surface area contributed by atoms with Gasteiger partial charge in [-0.15, -0.1) is 0 Å². The van der Waals surface area contributed by atoms with Gasteiger partial charge in [-0.05, 0) is 31.0 Å². The molecule has 1 aliphatic rings. The summed E-state index contributed by atoms with van der Waals surface area (Å²) in [7, 11) is 2.04. The van der Waals surface area contributed by atoms with Crippen molar-refractivity contribution in [2.45, 2.75) is 26.2 Å². The van der Waals surface area contributed by atoms with Gasteiger partial charge in [-0.1, -0.05) is 32.0 Å². The minimum absolute atomic E-state index is 0.151. The van der Waals surface area contributed by atoms with Crippen LogP contribution < -0.4 is 5.32 Å². The molecule has 1 aliphatic heterocycles. The van der Waals surface area contributed by atoms with Crippen molar-refractivity contribution in [2.24, 2.45) is 0 Å². The third-order valence-electron chi connectivity index (χ3n) is 4.62. The number of nitrogens with one attached hydrogen (secondary N) is 1. The Morgan fingerprint density at radius 3 is 2.62 bits per heavy atom. The van der Waals surface area contributed by atoms with Crippen LogP contribution in [0.3, 0.4) is 0 Å². The first kappa shape index (κ1) is 18.0. The second-order valence-electron chi connectivity index (χ2n) is 6.31. The van der Waals surface area contributed by atoms with Crippen molar-refractivity contribution in [1.29, 1.82) is 5.26 Å². The number of benzene rings is 1. The number of likely N-dealkylation sites (N-methyl/N-ethyl adjacent to an activating group) is 1. The third kappa shape index (κ3) is 4.36. The van der Waals surface area contributed by atoms with Crippen molar-refractivity contribution in [2.75, 3.05) is 38.5 Å². The molecule has 1 N–H and O–H groups in total. The van der Waals surface area contributed by atoms with Crippen LogP contribution in [-0.4, -0.2) is 48.9 Å². The van der Waals surface area contributed by atoms with Crippen molar-refractivity contribution >= 4 is 11.6 Å². The number of nitriles is 1. The molecule has 1 fully saturated rings. The summed E-state index contributed by atoms with van der Waals surface area (Å²) in [5.41, 5.74) is 2.30. The lowest BCUT2D eigenvalue weighted by molar-refractivity contribution is -0.128. The van der Waals surface area contributed by atoms with Gasteiger partial charge in [0.05, 0.1) is 0 Å². The molecule has 0 spiro atoms. The van der Waals surface area contributed by atoms with Gasteiger partial charge in [-0.25, -0.2) is 0 Å². The van der Waals surface area contributed by atoms with E-state index in [2.05, 4.69) is 30.1 Å². The van der Waals surface area contributed by atoms with Crippen LogP contribution in [0.4, 0.5) is 5.69 Å². The summed E-state index contributed by atoms with van der Waals surface area (Å²) in [5.74, 6) is 0.222. The first-order valence-electron chi connectivity index (χ1n) is 8.50. The molecule has 1 atom stereocenters. The standard InChI is InChI=1S/C19H26N4O/c1-4-15(2)17-7-5-6-8-18(17)21-14-16(13-20)19(24)23-11-9-22(3)10-12-23/h5-8,14-15,21H,4,9-12H2,1-3H3/b16-14-. The molecule has 5 nitrogen and oxygen atoms in total. The number of amides is 1. The molecule has 0 saturated carbocycles. The average Bonchev–Trinajstić information content (AvgIpc) is 2.62. The van der Waals surface area contributed by atoms with Gasteiger partial charge in [0, 0.05) is 38.1 Å².